The molecule has 0 heterocycles. The normalized spacial score (nSPS) is 12.3. The first-order valence-corrected chi connectivity index (χ1v) is 3.81. The minimum absolute atomic E-state index is 0.277. The first-order valence-electron chi connectivity index (χ1n) is 3.38. The Kier molecular flexibility index (Phi) is 4.86. The summed E-state index contributed by atoms with van der Waals surface area (Å²) in [5.41, 5.74) is 0. The summed E-state index contributed by atoms with van der Waals surface area (Å²) in [6, 6.07) is 0. The SMILES string of the molecule is CCCC(=O)C(Cl)C(=O)OC. The molecule has 0 N–H and O–H groups in total. The molecule has 11 heavy (non-hydrogen) atoms. The standard InChI is InChI=1S/C7H11ClO3/c1-3-4-5(9)6(8)7(10)11-2/h6H,3-4H2,1-2H3. The number of ether oxygens (including phenoxy) is 1. The van der Waals surface area contributed by atoms with Crippen molar-refractivity contribution in [3.63, 3.8) is 0 Å². The summed E-state index contributed by atoms with van der Waals surface area (Å²) in [5.74, 6) is -0.953. The molecule has 3 nitrogen and oxygen atoms in total. The van der Waals surface area contributed by atoms with E-state index in [0.717, 1.165) is 0 Å². The van der Waals surface area contributed by atoms with Gasteiger partial charge in [-0.25, -0.2) is 4.79 Å². The molecule has 0 aromatic rings. The lowest BCUT2D eigenvalue weighted by molar-refractivity contribution is -0.142. The van der Waals surface area contributed by atoms with Crippen molar-refractivity contribution >= 4 is 23.4 Å². The van der Waals surface area contributed by atoms with Gasteiger partial charge in [0.15, 0.2) is 11.2 Å². The van der Waals surface area contributed by atoms with Gasteiger partial charge in [0, 0.05) is 6.42 Å². The molecule has 0 aromatic carbocycles. The van der Waals surface area contributed by atoms with Crippen LogP contribution in [0.2, 0.25) is 0 Å². The number of ketones is 1. The third-order valence-corrected chi connectivity index (χ3v) is 1.61. The summed E-state index contributed by atoms with van der Waals surface area (Å²) in [6.07, 6.45) is 1.02. The Hall–Kier alpha value is -0.570. The van der Waals surface area contributed by atoms with Crippen LogP contribution in [0.25, 0.3) is 0 Å². The highest BCUT2D eigenvalue weighted by Crippen LogP contribution is 2.04. The second kappa shape index (κ2) is 5.13. The smallest absolute Gasteiger partial charge is 0.331 e. The molecule has 0 saturated carbocycles. The molecule has 0 rings (SSSR count). The molecule has 1 atom stereocenters. The van der Waals surface area contributed by atoms with Gasteiger partial charge in [-0.05, 0) is 6.42 Å². The zero-order chi connectivity index (χ0) is 8.85. The summed E-state index contributed by atoms with van der Waals surface area (Å²) in [7, 11) is 1.21. The van der Waals surface area contributed by atoms with Crippen LogP contribution in [0.5, 0.6) is 0 Å². The van der Waals surface area contributed by atoms with Crippen LogP contribution in [0.3, 0.4) is 0 Å². The Labute approximate surface area is 70.7 Å². The molecule has 0 aromatic heterocycles. The Bertz CT molecular complexity index is 156. The van der Waals surface area contributed by atoms with Gasteiger partial charge < -0.3 is 4.74 Å². The van der Waals surface area contributed by atoms with Gasteiger partial charge in [-0.3, -0.25) is 4.79 Å². The summed E-state index contributed by atoms with van der Waals surface area (Å²) in [5, 5.41) is -1.13. The molecule has 0 bridgehead atoms. The number of carbonyl (C=O) groups excluding carboxylic acids is 2. The average Bonchev–Trinajstić information content (AvgIpc) is 2.02. The van der Waals surface area contributed by atoms with Crippen LogP contribution in [0.1, 0.15) is 19.8 Å². The van der Waals surface area contributed by atoms with E-state index < -0.39 is 11.3 Å². The quantitative estimate of drug-likeness (QED) is 0.368. The van der Waals surface area contributed by atoms with Crippen LogP contribution >= 0.6 is 11.6 Å². The second-order valence-electron chi connectivity index (χ2n) is 2.10. The van der Waals surface area contributed by atoms with E-state index in [0.29, 0.717) is 12.8 Å². The lowest BCUT2D eigenvalue weighted by Crippen LogP contribution is -2.25. The predicted octanol–water partition coefficient (Wildman–Crippen LogP) is 1.14. The maximum Gasteiger partial charge on any atom is 0.331 e. The Morgan fingerprint density at radius 3 is 2.45 bits per heavy atom. The fourth-order valence-electron chi connectivity index (χ4n) is 0.608. The zero-order valence-corrected chi connectivity index (χ0v) is 7.35. The number of methoxy groups -OCH3 is 1. The lowest BCUT2D eigenvalue weighted by atomic mass is 10.2. The van der Waals surface area contributed by atoms with Crippen molar-refractivity contribution in [2.75, 3.05) is 7.11 Å². The minimum atomic E-state index is -1.13. The molecule has 0 amide bonds. The molecule has 0 spiro atoms. The number of Topliss-reactive ketones (excluding diaryl/α,β-unsaturated/α-hetero) is 1. The minimum Gasteiger partial charge on any atom is -0.468 e. The molecule has 0 radical (unpaired) electrons. The van der Waals surface area contributed by atoms with E-state index >= 15 is 0 Å². The highest BCUT2D eigenvalue weighted by Gasteiger charge is 2.23. The molecule has 0 aliphatic carbocycles. The summed E-state index contributed by atoms with van der Waals surface area (Å²) in [4.78, 5) is 21.6. The first kappa shape index (κ1) is 10.4. The van der Waals surface area contributed by atoms with Gasteiger partial charge >= 0.3 is 5.97 Å². The van der Waals surface area contributed by atoms with Crippen molar-refractivity contribution in [1.29, 1.82) is 0 Å². The Morgan fingerprint density at radius 2 is 2.09 bits per heavy atom. The van der Waals surface area contributed by atoms with Gasteiger partial charge in [0.2, 0.25) is 0 Å². The summed E-state index contributed by atoms with van der Waals surface area (Å²) in [6.45, 7) is 1.85. The van der Waals surface area contributed by atoms with Gasteiger partial charge in [-0.2, -0.15) is 0 Å². The van der Waals surface area contributed by atoms with E-state index in [1.54, 1.807) is 0 Å². The van der Waals surface area contributed by atoms with Crippen LogP contribution in [0.15, 0.2) is 0 Å². The van der Waals surface area contributed by atoms with Crippen molar-refractivity contribution < 1.29 is 14.3 Å². The third kappa shape index (κ3) is 3.37. The molecule has 64 valence electrons. The van der Waals surface area contributed by atoms with E-state index in [4.69, 9.17) is 11.6 Å². The van der Waals surface area contributed by atoms with E-state index in [-0.39, 0.29) is 5.78 Å². The van der Waals surface area contributed by atoms with Crippen molar-refractivity contribution in [3.05, 3.63) is 0 Å². The topological polar surface area (TPSA) is 43.4 Å². The Morgan fingerprint density at radius 1 is 1.55 bits per heavy atom. The van der Waals surface area contributed by atoms with Crippen LogP contribution < -0.4 is 0 Å². The molecule has 0 aliphatic heterocycles. The van der Waals surface area contributed by atoms with Crippen LogP contribution in [0.4, 0.5) is 0 Å². The predicted molar refractivity (Wildman–Crippen MR) is 41.6 cm³/mol. The van der Waals surface area contributed by atoms with E-state index in [9.17, 15) is 9.59 Å². The van der Waals surface area contributed by atoms with Gasteiger partial charge in [0.1, 0.15) is 0 Å². The summed E-state index contributed by atoms with van der Waals surface area (Å²) < 4.78 is 4.29. The highest BCUT2D eigenvalue weighted by molar-refractivity contribution is 6.41. The number of hydrogen-bond acceptors (Lipinski definition) is 3. The van der Waals surface area contributed by atoms with Crippen molar-refractivity contribution in [3.8, 4) is 0 Å². The van der Waals surface area contributed by atoms with Crippen molar-refractivity contribution in [2.24, 2.45) is 0 Å². The second-order valence-corrected chi connectivity index (χ2v) is 2.54. The largest absolute Gasteiger partial charge is 0.468 e. The van der Waals surface area contributed by atoms with Gasteiger partial charge in [0.25, 0.3) is 0 Å². The molecule has 0 saturated heterocycles. The fraction of sp³-hybridized carbons (Fsp3) is 0.714. The maximum absolute atomic E-state index is 10.9. The molecule has 0 aliphatic rings. The number of halogens is 1. The Balaban J connectivity index is 3.91. The van der Waals surface area contributed by atoms with Gasteiger partial charge in [-0.1, -0.05) is 6.92 Å². The van der Waals surface area contributed by atoms with E-state index in [1.165, 1.54) is 7.11 Å². The number of esters is 1. The van der Waals surface area contributed by atoms with E-state index in [2.05, 4.69) is 4.74 Å². The monoisotopic (exact) mass is 178 g/mol. The fourth-order valence-corrected chi connectivity index (χ4v) is 0.806. The maximum atomic E-state index is 10.9. The third-order valence-electron chi connectivity index (χ3n) is 1.19. The van der Waals surface area contributed by atoms with E-state index in [1.807, 2.05) is 6.92 Å². The van der Waals surface area contributed by atoms with Crippen molar-refractivity contribution in [2.45, 2.75) is 25.1 Å². The first-order chi connectivity index (χ1) is 5.13. The zero-order valence-electron chi connectivity index (χ0n) is 6.59. The molecular formula is C7H11ClO3. The van der Waals surface area contributed by atoms with Gasteiger partial charge in [-0.15, -0.1) is 11.6 Å². The number of rotatable bonds is 4. The van der Waals surface area contributed by atoms with Crippen LogP contribution in [-0.2, 0) is 14.3 Å². The number of hydrogen-bond donors (Lipinski definition) is 0. The number of carbonyl (C=O) groups is 2. The van der Waals surface area contributed by atoms with Crippen LogP contribution in [-0.4, -0.2) is 24.2 Å². The average molecular weight is 179 g/mol. The lowest BCUT2D eigenvalue weighted by Gasteiger charge is -2.03. The molecule has 0 fully saturated rings. The summed E-state index contributed by atoms with van der Waals surface area (Å²) >= 11 is 5.44. The molecular weight excluding hydrogens is 168 g/mol. The highest BCUT2D eigenvalue weighted by atomic mass is 35.5. The molecule has 4 heteroatoms. The van der Waals surface area contributed by atoms with Crippen molar-refractivity contribution in [1.82, 2.24) is 0 Å². The molecule has 1 unspecified atom stereocenters. The van der Waals surface area contributed by atoms with Gasteiger partial charge in [0.05, 0.1) is 7.11 Å². The van der Waals surface area contributed by atoms with Crippen LogP contribution in [0, 0.1) is 0 Å². The number of alkyl halides is 1.